The van der Waals surface area contributed by atoms with Gasteiger partial charge in [-0.2, -0.15) is 5.10 Å². The zero-order valence-corrected chi connectivity index (χ0v) is 13.0. The van der Waals surface area contributed by atoms with Crippen LogP contribution in [-0.2, 0) is 27.7 Å². The molecular formula is C15H23N3O3. The lowest BCUT2D eigenvalue weighted by Gasteiger charge is -2.37. The minimum atomic E-state index is -0.420. The molecule has 0 N–H and O–H groups in total. The Morgan fingerprint density at radius 1 is 1.24 bits per heavy atom. The van der Waals surface area contributed by atoms with Gasteiger partial charge in [0, 0.05) is 44.2 Å². The number of rotatable bonds is 2. The highest BCUT2D eigenvalue weighted by molar-refractivity contribution is 5.79. The molecule has 0 aliphatic carbocycles. The molecule has 116 valence electrons. The van der Waals surface area contributed by atoms with Crippen molar-refractivity contribution in [2.24, 2.45) is 7.05 Å². The van der Waals surface area contributed by atoms with Gasteiger partial charge in [0.2, 0.25) is 5.91 Å². The number of aryl methyl sites for hydroxylation is 2. The van der Waals surface area contributed by atoms with Crippen molar-refractivity contribution in [3.63, 3.8) is 0 Å². The second-order valence-electron chi connectivity index (χ2n) is 5.94. The summed E-state index contributed by atoms with van der Waals surface area (Å²) in [4.78, 5) is 14.4. The first-order chi connectivity index (χ1) is 10.0. The smallest absolute Gasteiger partial charge is 0.227 e. The topological polar surface area (TPSA) is 56.6 Å². The van der Waals surface area contributed by atoms with E-state index in [0.29, 0.717) is 32.7 Å². The molecule has 6 nitrogen and oxygen atoms in total. The van der Waals surface area contributed by atoms with Crippen LogP contribution in [0.15, 0.2) is 0 Å². The van der Waals surface area contributed by atoms with Gasteiger partial charge in [-0.25, -0.2) is 0 Å². The van der Waals surface area contributed by atoms with Gasteiger partial charge >= 0.3 is 0 Å². The predicted molar refractivity (Wildman–Crippen MR) is 76.8 cm³/mol. The molecule has 3 heterocycles. The van der Waals surface area contributed by atoms with E-state index in [1.54, 1.807) is 0 Å². The van der Waals surface area contributed by atoms with Crippen LogP contribution in [0.25, 0.3) is 0 Å². The lowest BCUT2D eigenvalue weighted by Crippen LogP contribution is -2.47. The van der Waals surface area contributed by atoms with Crippen molar-refractivity contribution in [2.45, 2.75) is 38.9 Å². The average Bonchev–Trinajstić information content (AvgIpc) is 3.00. The molecule has 1 aromatic rings. The van der Waals surface area contributed by atoms with E-state index in [0.717, 1.165) is 29.8 Å². The number of aromatic nitrogens is 2. The number of piperidine rings is 1. The largest absolute Gasteiger partial charge is 0.347 e. The average molecular weight is 293 g/mol. The number of nitrogens with zero attached hydrogens (tertiary/aromatic N) is 3. The monoisotopic (exact) mass is 293 g/mol. The van der Waals surface area contributed by atoms with Crippen LogP contribution in [-0.4, -0.2) is 52.7 Å². The highest BCUT2D eigenvalue weighted by atomic mass is 16.7. The fourth-order valence-electron chi connectivity index (χ4n) is 3.22. The molecule has 0 bridgehead atoms. The van der Waals surface area contributed by atoms with Crippen molar-refractivity contribution >= 4 is 5.91 Å². The molecule has 1 amide bonds. The van der Waals surface area contributed by atoms with Crippen molar-refractivity contribution in [3.8, 4) is 0 Å². The normalized spacial score (nSPS) is 21.2. The number of hydrogen-bond donors (Lipinski definition) is 0. The number of carbonyl (C=O) groups is 1. The second-order valence-corrected chi connectivity index (χ2v) is 5.94. The van der Waals surface area contributed by atoms with E-state index in [1.807, 2.05) is 30.5 Å². The second kappa shape index (κ2) is 5.42. The molecule has 1 aromatic heterocycles. The highest BCUT2D eigenvalue weighted by Gasteiger charge is 2.40. The molecule has 1 spiro atoms. The van der Waals surface area contributed by atoms with Gasteiger partial charge in [-0.3, -0.25) is 9.48 Å². The third kappa shape index (κ3) is 2.70. The number of ether oxygens (including phenoxy) is 2. The van der Waals surface area contributed by atoms with Crippen LogP contribution in [0.5, 0.6) is 0 Å². The fourth-order valence-corrected chi connectivity index (χ4v) is 3.22. The zero-order chi connectivity index (χ0) is 15.0. The summed E-state index contributed by atoms with van der Waals surface area (Å²) in [6, 6.07) is 0. The molecule has 2 aliphatic heterocycles. The van der Waals surface area contributed by atoms with Crippen molar-refractivity contribution in [1.82, 2.24) is 14.7 Å². The van der Waals surface area contributed by atoms with E-state index in [4.69, 9.17) is 9.47 Å². The van der Waals surface area contributed by atoms with Gasteiger partial charge in [-0.1, -0.05) is 0 Å². The van der Waals surface area contributed by atoms with Crippen LogP contribution in [0.4, 0.5) is 0 Å². The Labute approximate surface area is 125 Å². The Kier molecular flexibility index (Phi) is 3.75. The van der Waals surface area contributed by atoms with Crippen LogP contribution in [0.1, 0.15) is 29.8 Å². The van der Waals surface area contributed by atoms with E-state index >= 15 is 0 Å². The molecule has 3 rings (SSSR count). The molecule has 0 atom stereocenters. The van der Waals surface area contributed by atoms with E-state index in [1.165, 1.54) is 0 Å². The number of carbonyl (C=O) groups excluding carboxylic acids is 1. The van der Waals surface area contributed by atoms with E-state index < -0.39 is 5.79 Å². The molecule has 0 unspecified atom stereocenters. The summed E-state index contributed by atoms with van der Waals surface area (Å²) in [5, 5.41) is 4.37. The maximum atomic E-state index is 12.5. The summed E-state index contributed by atoms with van der Waals surface area (Å²) < 4.78 is 13.2. The SMILES string of the molecule is Cc1nn(C)c(C)c1CC(=O)N1CCC2(CC1)OCCO2. The van der Waals surface area contributed by atoms with Crippen LogP contribution in [0.2, 0.25) is 0 Å². The van der Waals surface area contributed by atoms with Gasteiger partial charge in [-0.15, -0.1) is 0 Å². The van der Waals surface area contributed by atoms with Gasteiger partial charge < -0.3 is 14.4 Å². The summed E-state index contributed by atoms with van der Waals surface area (Å²) in [6.07, 6.45) is 1.97. The summed E-state index contributed by atoms with van der Waals surface area (Å²) >= 11 is 0. The molecule has 6 heteroatoms. The minimum absolute atomic E-state index is 0.169. The van der Waals surface area contributed by atoms with Crippen molar-refractivity contribution in [3.05, 3.63) is 17.0 Å². The third-order valence-electron chi connectivity index (χ3n) is 4.68. The molecule has 2 aliphatic rings. The van der Waals surface area contributed by atoms with Gasteiger partial charge in [0.1, 0.15) is 0 Å². The Bertz CT molecular complexity index is 537. The molecule has 21 heavy (non-hydrogen) atoms. The highest BCUT2D eigenvalue weighted by Crippen LogP contribution is 2.31. The van der Waals surface area contributed by atoms with Crippen LogP contribution >= 0.6 is 0 Å². The van der Waals surface area contributed by atoms with Gasteiger partial charge in [0.05, 0.1) is 25.3 Å². The molecule has 0 saturated carbocycles. The molecule has 0 aromatic carbocycles. The lowest BCUT2D eigenvalue weighted by molar-refractivity contribution is -0.187. The summed E-state index contributed by atoms with van der Waals surface area (Å²) in [7, 11) is 1.91. The Balaban J connectivity index is 1.62. The first-order valence-electron chi connectivity index (χ1n) is 7.55. The maximum Gasteiger partial charge on any atom is 0.227 e. The van der Waals surface area contributed by atoms with Crippen LogP contribution in [0, 0.1) is 13.8 Å². The number of hydrogen-bond acceptors (Lipinski definition) is 4. The first kappa shape index (κ1) is 14.5. The zero-order valence-electron chi connectivity index (χ0n) is 13.0. The first-order valence-corrected chi connectivity index (χ1v) is 7.55. The van der Waals surface area contributed by atoms with Gasteiger partial charge in [0.25, 0.3) is 0 Å². The van der Waals surface area contributed by atoms with E-state index in [-0.39, 0.29) is 5.91 Å². The molecule has 0 radical (unpaired) electrons. The van der Waals surface area contributed by atoms with E-state index in [2.05, 4.69) is 5.10 Å². The predicted octanol–water partition coefficient (Wildman–Crippen LogP) is 0.945. The number of amides is 1. The summed E-state index contributed by atoms with van der Waals surface area (Å²) in [5.41, 5.74) is 3.06. The Hall–Kier alpha value is -1.40. The van der Waals surface area contributed by atoms with E-state index in [9.17, 15) is 4.79 Å². The molecular weight excluding hydrogens is 270 g/mol. The third-order valence-corrected chi connectivity index (χ3v) is 4.68. The van der Waals surface area contributed by atoms with Crippen molar-refractivity contribution in [1.29, 1.82) is 0 Å². The Morgan fingerprint density at radius 2 is 1.86 bits per heavy atom. The van der Waals surface area contributed by atoms with Crippen molar-refractivity contribution in [2.75, 3.05) is 26.3 Å². The standard InChI is InChI=1S/C15H23N3O3/c1-11-13(12(2)17(3)16-11)10-14(19)18-6-4-15(5-7-18)20-8-9-21-15/h4-10H2,1-3H3. The maximum absolute atomic E-state index is 12.5. The van der Waals surface area contributed by atoms with Gasteiger partial charge in [-0.05, 0) is 13.8 Å². The van der Waals surface area contributed by atoms with Crippen LogP contribution in [0.3, 0.4) is 0 Å². The number of likely N-dealkylation sites (tertiary alicyclic amines) is 1. The van der Waals surface area contributed by atoms with Crippen molar-refractivity contribution < 1.29 is 14.3 Å². The lowest BCUT2D eigenvalue weighted by atomic mass is 10.0. The summed E-state index contributed by atoms with van der Waals surface area (Å²) in [6.45, 7) is 6.72. The molecule has 2 fully saturated rings. The Morgan fingerprint density at radius 3 is 2.38 bits per heavy atom. The van der Waals surface area contributed by atoms with Crippen LogP contribution < -0.4 is 0 Å². The summed E-state index contributed by atoms with van der Waals surface area (Å²) in [5.74, 6) is -0.251. The molecule has 2 saturated heterocycles. The van der Waals surface area contributed by atoms with Gasteiger partial charge in [0.15, 0.2) is 5.79 Å². The fraction of sp³-hybridized carbons (Fsp3) is 0.733. The quantitative estimate of drug-likeness (QED) is 0.814. The minimum Gasteiger partial charge on any atom is -0.347 e.